The molecule has 6 nitrogen and oxygen atoms in total. The predicted molar refractivity (Wildman–Crippen MR) is 114 cm³/mol. The average Bonchev–Trinajstić information content (AvgIpc) is 3.18. The van der Waals surface area contributed by atoms with Gasteiger partial charge in [-0.05, 0) is 56.5 Å². The van der Waals surface area contributed by atoms with Crippen LogP contribution in [0.2, 0.25) is 0 Å². The number of ether oxygens (including phenoxy) is 2. The quantitative estimate of drug-likeness (QED) is 0.694. The number of thiophene rings is 1. The molecule has 0 aliphatic carbocycles. The first-order valence-electron chi connectivity index (χ1n) is 9.95. The summed E-state index contributed by atoms with van der Waals surface area (Å²) in [6.07, 6.45) is 1.67. The molecule has 2 N–H and O–H groups in total. The van der Waals surface area contributed by atoms with E-state index in [0.29, 0.717) is 31.2 Å². The van der Waals surface area contributed by atoms with Gasteiger partial charge in [0.05, 0.1) is 18.0 Å². The van der Waals surface area contributed by atoms with E-state index < -0.39 is 0 Å². The van der Waals surface area contributed by atoms with Gasteiger partial charge in [0.15, 0.2) is 0 Å². The number of amides is 2. The molecule has 0 radical (unpaired) electrons. The van der Waals surface area contributed by atoms with Crippen molar-refractivity contribution in [1.29, 1.82) is 0 Å². The van der Waals surface area contributed by atoms with E-state index in [9.17, 15) is 9.59 Å². The Morgan fingerprint density at radius 1 is 1.10 bits per heavy atom. The summed E-state index contributed by atoms with van der Waals surface area (Å²) in [5, 5.41) is 5.70. The van der Waals surface area contributed by atoms with Crippen LogP contribution in [0.15, 0.2) is 36.4 Å². The molecule has 1 aliphatic heterocycles. The third-order valence-corrected chi connectivity index (χ3v) is 6.22. The predicted octanol–water partition coefficient (Wildman–Crippen LogP) is 3.05. The number of hydrogen-bond donors (Lipinski definition) is 2. The van der Waals surface area contributed by atoms with Crippen LogP contribution in [-0.4, -0.2) is 44.7 Å². The second-order valence-corrected chi connectivity index (χ2v) is 8.51. The van der Waals surface area contributed by atoms with Crippen LogP contribution in [0.25, 0.3) is 0 Å². The van der Waals surface area contributed by atoms with E-state index in [2.05, 4.69) is 22.8 Å². The first-order valence-corrected chi connectivity index (χ1v) is 10.8. The standard InChI is InChI=1S/C22H28N2O4S/c1-3-28-18-7-5-17(6-8-18)22(10-12-27-13-11-22)15-24-20(25)14-23-21(26)19-9-4-16(2)29-19/h4-9H,3,10-15H2,1-2H3,(H,23,26)(H,24,25). The van der Waals surface area contributed by atoms with Crippen molar-refractivity contribution in [3.63, 3.8) is 0 Å². The molecule has 3 rings (SSSR count). The van der Waals surface area contributed by atoms with Crippen molar-refractivity contribution in [2.24, 2.45) is 0 Å². The van der Waals surface area contributed by atoms with Crippen LogP contribution >= 0.6 is 11.3 Å². The lowest BCUT2D eigenvalue weighted by atomic mass is 9.74. The molecule has 2 aromatic rings. The van der Waals surface area contributed by atoms with Gasteiger partial charge in [0.25, 0.3) is 5.91 Å². The van der Waals surface area contributed by atoms with Gasteiger partial charge in [0.2, 0.25) is 5.91 Å². The summed E-state index contributed by atoms with van der Waals surface area (Å²) in [5.41, 5.74) is 0.996. The molecule has 2 heterocycles. The summed E-state index contributed by atoms with van der Waals surface area (Å²) < 4.78 is 11.1. The van der Waals surface area contributed by atoms with Crippen LogP contribution in [0.4, 0.5) is 0 Å². The highest BCUT2D eigenvalue weighted by atomic mass is 32.1. The zero-order valence-electron chi connectivity index (χ0n) is 17.0. The normalized spacial score (nSPS) is 15.5. The fourth-order valence-electron chi connectivity index (χ4n) is 3.54. The lowest BCUT2D eigenvalue weighted by Crippen LogP contribution is -2.47. The number of carbonyl (C=O) groups is 2. The van der Waals surface area contributed by atoms with Gasteiger partial charge in [-0.3, -0.25) is 9.59 Å². The van der Waals surface area contributed by atoms with E-state index in [-0.39, 0.29) is 23.8 Å². The Hall–Kier alpha value is -2.38. The Morgan fingerprint density at radius 3 is 2.45 bits per heavy atom. The molecule has 2 amide bonds. The molecule has 1 aliphatic rings. The minimum Gasteiger partial charge on any atom is -0.494 e. The topological polar surface area (TPSA) is 76.7 Å². The van der Waals surface area contributed by atoms with Crippen molar-refractivity contribution in [1.82, 2.24) is 10.6 Å². The summed E-state index contributed by atoms with van der Waals surface area (Å²) in [6.45, 7) is 6.34. The number of aryl methyl sites for hydroxylation is 1. The van der Waals surface area contributed by atoms with Crippen molar-refractivity contribution >= 4 is 23.2 Å². The maximum Gasteiger partial charge on any atom is 0.261 e. The first-order chi connectivity index (χ1) is 14.0. The summed E-state index contributed by atoms with van der Waals surface area (Å²) in [4.78, 5) is 26.2. The second kappa shape index (κ2) is 9.89. The molecule has 29 heavy (non-hydrogen) atoms. The van der Waals surface area contributed by atoms with E-state index >= 15 is 0 Å². The van der Waals surface area contributed by atoms with E-state index in [1.807, 2.05) is 32.0 Å². The molecule has 1 saturated heterocycles. The largest absolute Gasteiger partial charge is 0.494 e. The van der Waals surface area contributed by atoms with Gasteiger partial charge in [0.1, 0.15) is 5.75 Å². The molecule has 0 bridgehead atoms. The van der Waals surface area contributed by atoms with E-state index in [1.54, 1.807) is 6.07 Å². The number of benzene rings is 1. The van der Waals surface area contributed by atoms with Crippen molar-refractivity contribution in [2.45, 2.75) is 32.1 Å². The first kappa shape index (κ1) is 21.3. The molecule has 0 spiro atoms. The maximum atomic E-state index is 12.4. The highest BCUT2D eigenvalue weighted by Crippen LogP contribution is 2.35. The number of hydrogen-bond acceptors (Lipinski definition) is 5. The molecular weight excluding hydrogens is 388 g/mol. The van der Waals surface area contributed by atoms with E-state index in [4.69, 9.17) is 9.47 Å². The van der Waals surface area contributed by atoms with Crippen molar-refractivity contribution < 1.29 is 19.1 Å². The second-order valence-electron chi connectivity index (χ2n) is 7.22. The van der Waals surface area contributed by atoms with Crippen molar-refractivity contribution in [3.8, 4) is 5.75 Å². The van der Waals surface area contributed by atoms with Gasteiger partial charge in [-0.2, -0.15) is 0 Å². The van der Waals surface area contributed by atoms with Gasteiger partial charge in [0, 0.05) is 30.1 Å². The van der Waals surface area contributed by atoms with Crippen LogP contribution in [0, 0.1) is 6.92 Å². The Labute approximate surface area is 175 Å². The molecule has 0 saturated carbocycles. The molecule has 7 heteroatoms. The lowest BCUT2D eigenvalue weighted by molar-refractivity contribution is -0.120. The summed E-state index contributed by atoms with van der Waals surface area (Å²) >= 11 is 1.42. The average molecular weight is 417 g/mol. The molecule has 0 unspecified atom stereocenters. The Bertz CT molecular complexity index is 826. The third-order valence-electron chi connectivity index (χ3n) is 5.23. The fourth-order valence-corrected chi connectivity index (χ4v) is 4.32. The smallest absolute Gasteiger partial charge is 0.261 e. The molecule has 1 aromatic carbocycles. The number of nitrogens with one attached hydrogen (secondary N) is 2. The van der Waals surface area contributed by atoms with Crippen molar-refractivity contribution in [2.75, 3.05) is 32.9 Å². The van der Waals surface area contributed by atoms with Crippen LogP contribution < -0.4 is 15.4 Å². The SMILES string of the molecule is CCOc1ccc(C2(CNC(=O)CNC(=O)c3ccc(C)s3)CCOCC2)cc1. The molecule has 156 valence electrons. The maximum absolute atomic E-state index is 12.4. The molecular formula is C22H28N2O4S. The molecule has 0 atom stereocenters. The number of carbonyl (C=O) groups excluding carboxylic acids is 2. The lowest BCUT2D eigenvalue weighted by Gasteiger charge is -2.38. The summed E-state index contributed by atoms with van der Waals surface area (Å²) in [7, 11) is 0. The summed E-state index contributed by atoms with van der Waals surface area (Å²) in [5.74, 6) is 0.433. The third kappa shape index (κ3) is 5.58. The van der Waals surface area contributed by atoms with Crippen LogP contribution in [0.3, 0.4) is 0 Å². The molecule has 1 fully saturated rings. The zero-order valence-corrected chi connectivity index (χ0v) is 17.8. The minimum atomic E-state index is -0.217. The fraction of sp³-hybridized carbons (Fsp3) is 0.455. The van der Waals surface area contributed by atoms with Crippen LogP contribution in [-0.2, 0) is 14.9 Å². The number of rotatable bonds is 8. The highest BCUT2D eigenvalue weighted by Gasteiger charge is 2.34. The monoisotopic (exact) mass is 416 g/mol. The van der Waals surface area contributed by atoms with Crippen LogP contribution in [0.1, 0.15) is 39.9 Å². The Balaban J connectivity index is 1.58. The van der Waals surface area contributed by atoms with Crippen LogP contribution in [0.5, 0.6) is 5.75 Å². The summed E-state index contributed by atoms with van der Waals surface area (Å²) in [6, 6.07) is 11.8. The Kier molecular flexibility index (Phi) is 7.28. The van der Waals surface area contributed by atoms with Gasteiger partial charge < -0.3 is 20.1 Å². The van der Waals surface area contributed by atoms with E-state index in [0.717, 1.165) is 23.5 Å². The van der Waals surface area contributed by atoms with Gasteiger partial charge >= 0.3 is 0 Å². The van der Waals surface area contributed by atoms with Gasteiger partial charge in [-0.25, -0.2) is 0 Å². The zero-order chi connectivity index (χ0) is 20.7. The highest BCUT2D eigenvalue weighted by molar-refractivity contribution is 7.13. The van der Waals surface area contributed by atoms with Crippen molar-refractivity contribution in [3.05, 3.63) is 51.7 Å². The molecule has 1 aromatic heterocycles. The minimum absolute atomic E-state index is 0.0361. The van der Waals surface area contributed by atoms with Gasteiger partial charge in [-0.15, -0.1) is 11.3 Å². The Morgan fingerprint density at radius 2 is 1.83 bits per heavy atom. The van der Waals surface area contributed by atoms with E-state index in [1.165, 1.54) is 16.9 Å². The van der Waals surface area contributed by atoms with Gasteiger partial charge in [-0.1, -0.05) is 12.1 Å².